The largest absolute Gasteiger partial charge is 0.496 e. The molecule has 0 spiro atoms. The molecule has 9 nitrogen and oxygen atoms in total. The highest BCUT2D eigenvalue weighted by atomic mass is 35.5. The van der Waals surface area contributed by atoms with E-state index in [1.165, 1.54) is 19.1 Å². The number of likely N-dealkylation sites (tertiary alicyclic amines) is 1. The smallest absolute Gasteiger partial charge is 0.490 e. The number of aliphatic carboxylic acids is 1. The van der Waals surface area contributed by atoms with Gasteiger partial charge >= 0.3 is 18.1 Å². The monoisotopic (exact) mass is 630 g/mol. The van der Waals surface area contributed by atoms with Crippen LogP contribution in [0.4, 0.5) is 13.2 Å². The molecule has 0 aliphatic carbocycles. The number of carbonyl (C=O) groups excluding carboxylic acids is 3. The lowest BCUT2D eigenvalue weighted by atomic mass is 9.75. The SMILES string of the molecule is COC(=O)[C@@]12CCCCN1[C@H](c1ccc(-c3ccc(Cl)c(Cl)c3)c(OC)c1)[C@@H]1C(=O)N(C)C(=O)[C@@H]12.O=C(O)C(F)(F)F. The van der Waals surface area contributed by atoms with Crippen molar-refractivity contribution in [3.8, 4) is 16.9 Å². The van der Waals surface area contributed by atoms with Crippen LogP contribution in [0.15, 0.2) is 36.4 Å². The average Bonchev–Trinajstić information content (AvgIpc) is 3.39. The number of hydrogen-bond donors (Lipinski definition) is 1. The third-order valence-electron chi connectivity index (χ3n) is 8.06. The van der Waals surface area contributed by atoms with E-state index in [4.69, 9.17) is 42.6 Å². The first kappa shape index (κ1) is 31.6. The normalized spacial score (nSPS) is 25.3. The fraction of sp³-hybridized carbons (Fsp3) is 0.429. The summed E-state index contributed by atoms with van der Waals surface area (Å²) in [4.78, 5) is 52.0. The lowest BCUT2D eigenvalue weighted by Crippen LogP contribution is -2.59. The number of imide groups is 1. The van der Waals surface area contributed by atoms with Gasteiger partial charge in [0, 0.05) is 18.7 Å². The summed E-state index contributed by atoms with van der Waals surface area (Å²) in [7, 11) is 4.41. The van der Waals surface area contributed by atoms with Crippen LogP contribution in [0, 0.1) is 11.8 Å². The molecule has 0 radical (unpaired) electrons. The summed E-state index contributed by atoms with van der Waals surface area (Å²) in [5, 5.41) is 8.02. The number of esters is 1. The second-order valence-electron chi connectivity index (χ2n) is 10.1. The molecular formula is C28H27Cl2F3N2O7. The molecule has 2 aromatic rings. The van der Waals surface area contributed by atoms with E-state index in [9.17, 15) is 27.6 Å². The number of carbonyl (C=O) groups is 4. The van der Waals surface area contributed by atoms with E-state index in [0.29, 0.717) is 28.8 Å². The molecule has 14 heteroatoms. The molecule has 226 valence electrons. The number of amides is 2. The van der Waals surface area contributed by atoms with Gasteiger partial charge in [0.05, 0.1) is 36.1 Å². The molecule has 42 heavy (non-hydrogen) atoms. The fourth-order valence-corrected chi connectivity index (χ4v) is 6.59. The zero-order valence-corrected chi connectivity index (χ0v) is 24.2. The predicted octanol–water partition coefficient (Wildman–Crippen LogP) is 4.99. The van der Waals surface area contributed by atoms with Crippen LogP contribution in [0.3, 0.4) is 0 Å². The quantitative estimate of drug-likeness (QED) is 0.371. The third-order valence-corrected chi connectivity index (χ3v) is 8.80. The van der Waals surface area contributed by atoms with Gasteiger partial charge in [0.1, 0.15) is 11.3 Å². The highest BCUT2D eigenvalue weighted by molar-refractivity contribution is 6.42. The molecule has 2 aromatic carbocycles. The second kappa shape index (κ2) is 11.7. The van der Waals surface area contributed by atoms with Crippen molar-refractivity contribution < 1.29 is 46.9 Å². The Kier molecular flexibility index (Phi) is 8.82. The summed E-state index contributed by atoms with van der Waals surface area (Å²) in [6.07, 6.45) is -2.96. The van der Waals surface area contributed by atoms with E-state index < -0.39 is 41.5 Å². The van der Waals surface area contributed by atoms with Gasteiger partial charge in [-0.25, -0.2) is 4.79 Å². The van der Waals surface area contributed by atoms with Crippen molar-refractivity contribution in [1.29, 1.82) is 0 Å². The van der Waals surface area contributed by atoms with Gasteiger partial charge in [-0.1, -0.05) is 41.4 Å². The Morgan fingerprint density at radius 1 is 1.02 bits per heavy atom. The number of ether oxygens (including phenoxy) is 2. The van der Waals surface area contributed by atoms with Crippen LogP contribution in [-0.4, -0.2) is 78.2 Å². The number of nitrogens with zero attached hydrogens (tertiary/aromatic N) is 2. The Hall–Kier alpha value is -3.35. The minimum atomic E-state index is -5.08. The fourth-order valence-electron chi connectivity index (χ4n) is 6.29. The van der Waals surface area contributed by atoms with Crippen LogP contribution in [0.2, 0.25) is 10.0 Å². The Morgan fingerprint density at radius 2 is 1.69 bits per heavy atom. The molecule has 3 heterocycles. The summed E-state index contributed by atoms with van der Waals surface area (Å²) in [6, 6.07) is 10.6. The van der Waals surface area contributed by atoms with Gasteiger partial charge in [-0.15, -0.1) is 0 Å². The van der Waals surface area contributed by atoms with Crippen LogP contribution in [0.25, 0.3) is 11.1 Å². The second-order valence-corrected chi connectivity index (χ2v) is 11.0. The van der Waals surface area contributed by atoms with Crippen LogP contribution < -0.4 is 4.74 Å². The number of fused-ring (bicyclic) bond motifs is 3. The van der Waals surface area contributed by atoms with Gasteiger partial charge in [0.15, 0.2) is 0 Å². The first-order valence-corrected chi connectivity index (χ1v) is 13.6. The Morgan fingerprint density at radius 3 is 2.26 bits per heavy atom. The number of rotatable bonds is 4. The highest BCUT2D eigenvalue weighted by Gasteiger charge is 2.72. The van der Waals surface area contributed by atoms with Gasteiger partial charge in [-0.05, 0) is 55.1 Å². The average molecular weight is 631 g/mol. The molecule has 0 bridgehead atoms. The molecular weight excluding hydrogens is 604 g/mol. The summed E-state index contributed by atoms with van der Waals surface area (Å²) in [5.41, 5.74) is 1.30. The molecule has 0 aromatic heterocycles. The van der Waals surface area contributed by atoms with E-state index in [1.54, 1.807) is 19.2 Å². The minimum Gasteiger partial charge on any atom is -0.496 e. The van der Waals surface area contributed by atoms with Crippen LogP contribution in [-0.2, 0) is 23.9 Å². The van der Waals surface area contributed by atoms with Crippen molar-refractivity contribution >= 4 is 47.0 Å². The van der Waals surface area contributed by atoms with E-state index in [-0.39, 0.29) is 11.8 Å². The molecule has 1 N–H and O–H groups in total. The molecule has 0 saturated carbocycles. The topological polar surface area (TPSA) is 113 Å². The number of methoxy groups -OCH3 is 2. The Bertz CT molecular complexity index is 1440. The number of alkyl halides is 3. The maximum atomic E-state index is 13.4. The van der Waals surface area contributed by atoms with Crippen molar-refractivity contribution in [3.63, 3.8) is 0 Å². The van der Waals surface area contributed by atoms with Gasteiger partial charge < -0.3 is 14.6 Å². The maximum absolute atomic E-state index is 13.4. The van der Waals surface area contributed by atoms with Crippen molar-refractivity contribution in [2.75, 3.05) is 27.8 Å². The zero-order chi connectivity index (χ0) is 31.1. The number of benzene rings is 2. The summed E-state index contributed by atoms with van der Waals surface area (Å²) < 4.78 is 42.7. The lowest BCUT2D eigenvalue weighted by molar-refractivity contribution is -0.192. The van der Waals surface area contributed by atoms with Crippen molar-refractivity contribution in [3.05, 3.63) is 52.0 Å². The molecule has 3 aliphatic heterocycles. The van der Waals surface area contributed by atoms with Crippen LogP contribution in [0.5, 0.6) is 5.75 Å². The van der Waals surface area contributed by atoms with Crippen LogP contribution >= 0.6 is 23.2 Å². The van der Waals surface area contributed by atoms with E-state index in [0.717, 1.165) is 29.5 Å². The molecule has 2 amide bonds. The number of carboxylic acid groups (broad SMARTS) is 1. The van der Waals surface area contributed by atoms with Gasteiger partial charge in [-0.2, -0.15) is 13.2 Å². The summed E-state index contributed by atoms with van der Waals surface area (Å²) >= 11 is 12.3. The number of hydrogen-bond acceptors (Lipinski definition) is 7. The van der Waals surface area contributed by atoms with Gasteiger partial charge in [0.25, 0.3) is 0 Å². The van der Waals surface area contributed by atoms with E-state index in [2.05, 4.69) is 0 Å². The Balaban J connectivity index is 0.000000517. The maximum Gasteiger partial charge on any atom is 0.490 e. The van der Waals surface area contributed by atoms with E-state index >= 15 is 0 Å². The van der Waals surface area contributed by atoms with Crippen molar-refractivity contribution in [1.82, 2.24) is 9.80 Å². The molecule has 3 aliphatic rings. The molecule has 5 rings (SSSR count). The van der Waals surface area contributed by atoms with Gasteiger partial charge in [-0.3, -0.25) is 24.2 Å². The molecule has 3 fully saturated rings. The number of piperidine rings is 1. The lowest BCUT2D eigenvalue weighted by Gasteiger charge is -2.44. The van der Waals surface area contributed by atoms with Gasteiger partial charge in [0.2, 0.25) is 11.8 Å². The molecule has 0 unspecified atom stereocenters. The first-order chi connectivity index (χ1) is 19.7. The Labute approximate surface area is 249 Å². The standard InChI is InChI=1S/C26H26Cl2N2O5.C2HF3O2/c1-29-23(31)20-21(24(29)32)26(25(33)35-3)10-4-5-11-30(26)22(20)15-6-8-16(19(13-15)34-2)14-7-9-17(27)18(28)12-14;3-2(4,5)1(6)7/h6-9,12-13,20-22H,4-5,10-11H2,1-3H3;(H,6,7)/t20-,21-,22-,26+;/m1./s1. The zero-order valence-electron chi connectivity index (χ0n) is 22.7. The predicted molar refractivity (Wildman–Crippen MR) is 145 cm³/mol. The highest BCUT2D eigenvalue weighted by Crippen LogP contribution is 2.58. The van der Waals surface area contributed by atoms with E-state index in [1.807, 2.05) is 29.2 Å². The third kappa shape index (κ3) is 5.20. The molecule has 4 atom stereocenters. The minimum absolute atomic E-state index is 0.268. The van der Waals surface area contributed by atoms with Crippen molar-refractivity contribution in [2.24, 2.45) is 11.8 Å². The first-order valence-electron chi connectivity index (χ1n) is 12.8. The van der Waals surface area contributed by atoms with Crippen LogP contribution in [0.1, 0.15) is 30.9 Å². The summed E-state index contributed by atoms with van der Waals surface area (Å²) in [5.74, 6) is -4.66. The number of halogens is 5. The van der Waals surface area contributed by atoms with Crippen molar-refractivity contribution in [2.45, 2.75) is 37.0 Å². The molecule has 3 saturated heterocycles. The summed E-state index contributed by atoms with van der Waals surface area (Å²) in [6.45, 7) is 0.591. The number of carboxylic acids is 1.